The number of benzene rings is 1. The number of nitrogens with zero attached hydrogens (tertiary/aromatic N) is 1. The van der Waals surface area contributed by atoms with Gasteiger partial charge in [0.25, 0.3) is 0 Å². The first-order valence-corrected chi connectivity index (χ1v) is 9.54. The van der Waals surface area contributed by atoms with Crippen molar-refractivity contribution in [1.82, 2.24) is 10.2 Å². The highest BCUT2D eigenvalue weighted by molar-refractivity contribution is 5.75. The topological polar surface area (TPSA) is 52.6 Å². The molecule has 1 saturated carbocycles. The lowest BCUT2D eigenvalue weighted by Gasteiger charge is -2.36. The molecule has 4 nitrogen and oxygen atoms in total. The smallest absolute Gasteiger partial charge is 0.317 e. The van der Waals surface area contributed by atoms with Crippen LogP contribution < -0.4 is 5.32 Å². The molecule has 0 spiro atoms. The second kappa shape index (κ2) is 8.17. The van der Waals surface area contributed by atoms with Gasteiger partial charge in [-0.05, 0) is 44.6 Å². The van der Waals surface area contributed by atoms with Crippen molar-refractivity contribution in [3.05, 3.63) is 35.6 Å². The molecule has 1 saturated heterocycles. The minimum absolute atomic E-state index is 0.123. The maximum Gasteiger partial charge on any atom is 0.317 e. The van der Waals surface area contributed by atoms with Crippen molar-refractivity contribution in [1.29, 1.82) is 0 Å². The van der Waals surface area contributed by atoms with E-state index in [1.165, 1.54) is 6.07 Å². The van der Waals surface area contributed by atoms with Crippen LogP contribution in [0.25, 0.3) is 0 Å². The molecule has 0 aromatic heterocycles. The number of amides is 2. The van der Waals surface area contributed by atoms with Crippen LogP contribution in [0.5, 0.6) is 0 Å². The molecule has 2 amide bonds. The van der Waals surface area contributed by atoms with Crippen molar-refractivity contribution >= 4 is 6.03 Å². The molecular weight excluding hydrogens is 319 g/mol. The van der Waals surface area contributed by atoms with Crippen LogP contribution in [-0.2, 0) is 0 Å². The number of aliphatic hydroxyl groups excluding tert-OH is 1. The van der Waals surface area contributed by atoms with Gasteiger partial charge in [-0.1, -0.05) is 31.0 Å². The Balaban J connectivity index is 1.73. The van der Waals surface area contributed by atoms with Gasteiger partial charge in [-0.3, -0.25) is 0 Å². The zero-order valence-corrected chi connectivity index (χ0v) is 15.0. The lowest BCUT2D eigenvalue weighted by Crippen LogP contribution is -2.49. The Bertz CT molecular complexity index is 587. The van der Waals surface area contributed by atoms with E-state index in [9.17, 15) is 14.3 Å². The van der Waals surface area contributed by atoms with E-state index in [1.54, 1.807) is 24.0 Å². The van der Waals surface area contributed by atoms with Gasteiger partial charge in [-0.25, -0.2) is 9.18 Å². The number of carbonyl (C=O) groups is 1. The summed E-state index contributed by atoms with van der Waals surface area (Å²) in [4.78, 5) is 14.6. The van der Waals surface area contributed by atoms with Crippen LogP contribution in [0, 0.1) is 17.7 Å². The second-order valence-electron chi connectivity index (χ2n) is 7.58. The molecule has 1 heterocycles. The largest absolute Gasteiger partial charge is 0.393 e. The molecule has 1 aliphatic carbocycles. The quantitative estimate of drug-likeness (QED) is 0.868. The summed E-state index contributed by atoms with van der Waals surface area (Å²) >= 11 is 0. The number of carbonyl (C=O) groups excluding carboxylic acids is 1. The van der Waals surface area contributed by atoms with E-state index >= 15 is 0 Å². The Morgan fingerprint density at radius 3 is 2.56 bits per heavy atom. The number of piperidine rings is 1. The van der Waals surface area contributed by atoms with Gasteiger partial charge in [0.05, 0.1) is 12.1 Å². The van der Waals surface area contributed by atoms with Crippen LogP contribution in [-0.4, -0.2) is 35.2 Å². The van der Waals surface area contributed by atoms with Crippen molar-refractivity contribution < 1.29 is 14.3 Å². The monoisotopic (exact) mass is 348 g/mol. The predicted molar refractivity (Wildman–Crippen MR) is 95.6 cm³/mol. The average molecular weight is 348 g/mol. The minimum Gasteiger partial charge on any atom is -0.393 e. The third-order valence-electron chi connectivity index (χ3n) is 5.82. The summed E-state index contributed by atoms with van der Waals surface area (Å²) in [5, 5.41) is 12.9. The van der Waals surface area contributed by atoms with Gasteiger partial charge in [-0.2, -0.15) is 0 Å². The van der Waals surface area contributed by atoms with Gasteiger partial charge in [0.1, 0.15) is 5.82 Å². The van der Waals surface area contributed by atoms with Crippen LogP contribution in [0.2, 0.25) is 0 Å². The van der Waals surface area contributed by atoms with E-state index in [0.29, 0.717) is 24.6 Å². The van der Waals surface area contributed by atoms with Gasteiger partial charge < -0.3 is 15.3 Å². The number of hydrogen-bond donors (Lipinski definition) is 2. The normalized spacial score (nSPS) is 24.1. The lowest BCUT2D eigenvalue weighted by atomic mass is 9.91. The van der Waals surface area contributed by atoms with Crippen LogP contribution >= 0.6 is 0 Å². The Morgan fingerprint density at radius 2 is 1.88 bits per heavy atom. The fourth-order valence-corrected chi connectivity index (χ4v) is 4.28. The van der Waals surface area contributed by atoms with Crippen molar-refractivity contribution in [3.63, 3.8) is 0 Å². The zero-order chi connectivity index (χ0) is 17.8. The molecule has 1 aromatic rings. The summed E-state index contributed by atoms with van der Waals surface area (Å²) in [5.41, 5.74) is 0.590. The highest BCUT2D eigenvalue weighted by Crippen LogP contribution is 2.37. The molecule has 1 aromatic carbocycles. The first-order valence-electron chi connectivity index (χ1n) is 9.54. The molecule has 5 heteroatoms. The van der Waals surface area contributed by atoms with Crippen molar-refractivity contribution in [3.8, 4) is 0 Å². The molecule has 0 bridgehead atoms. The van der Waals surface area contributed by atoms with Crippen LogP contribution in [0.3, 0.4) is 0 Å². The molecular formula is C20H29FN2O2. The molecule has 0 radical (unpaired) electrons. The minimum atomic E-state index is -0.409. The Labute approximate surface area is 149 Å². The summed E-state index contributed by atoms with van der Waals surface area (Å²) in [7, 11) is 0. The molecule has 3 unspecified atom stereocenters. The number of nitrogens with one attached hydrogen (secondary N) is 1. The number of urea groups is 1. The molecule has 3 atom stereocenters. The number of likely N-dealkylation sites (tertiary alicyclic amines) is 1. The molecule has 2 N–H and O–H groups in total. The van der Waals surface area contributed by atoms with Crippen LogP contribution in [0.15, 0.2) is 24.3 Å². The number of hydrogen-bond acceptors (Lipinski definition) is 2. The highest BCUT2D eigenvalue weighted by atomic mass is 19.1. The van der Waals surface area contributed by atoms with Crippen molar-refractivity contribution in [2.24, 2.45) is 11.8 Å². The van der Waals surface area contributed by atoms with Gasteiger partial charge >= 0.3 is 6.03 Å². The van der Waals surface area contributed by atoms with E-state index in [4.69, 9.17) is 0 Å². The lowest BCUT2D eigenvalue weighted by molar-refractivity contribution is 0.0727. The maximum absolute atomic E-state index is 14.4. The van der Waals surface area contributed by atoms with Crippen molar-refractivity contribution in [2.75, 3.05) is 13.1 Å². The summed E-state index contributed by atoms with van der Waals surface area (Å²) in [6, 6.07) is 6.36. The Hall–Kier alpha value is -1.62. The SMILES string of the molecule is CC(O)C1CCCN(C(=O)NC(c2ccccc2F)C2CCCC2)C1. The summed E-state index contributed by atoms with van der Waals surface area (Å²) in [6.07, 6.45) is 5.76. The summed E-state index contributed by atoms with van der Waals surface area (Å²) in [6.45, 7) is 3.05. The third-order valence-corrected chi connectivity index (χ3v) is 5.82. The fraction of sp³-hybridized carbons (Fsp3) is 0.650. The van der Waals surface area contributed by atoms with E-state index in [-0.39, 0.29) is 23.8 Å². The number of aliphatic hydroxyl groups is 1. The van der Waals surface area contributed by atoms with Crippen LogP contribution in [0.4, 0.5) is 9.18 Å². The summed E-state index contributed by atoms with van der Waals surface area (Å²) in [5.74, 6) is 0.163. The molecule has 3 rings (SSSR count). The zero-order valence-electron chi connectivity index (χ0n) is 15.0. The van der Waals surface area contributed by atoms with Gasteiger partial charge in [0.2, 0.25) is 0 Å². The predicted octanol–water partition coefficient (Wildman–Crippen LogP) is 3.86. The van der Waals surface area contributed by atoms with Gasteiger partial charge in [0.15, 0.2) is 0 Å². The first kappa shape index (κ1) is 18.2. The first-order chi connectivity index (χ1) is 12.1. The third kappa shape index (κ3) is 4.32. The summed E-state index contributed by atoms with van der Waals surface area (Å²) < 4.78 is 14.4. The molecule has 2 fully saturated rings. The van der Waals surface area contributed by atoms with E-state index in [1.807, 2.05) is 6.07 Å². The Kier molecular flexibility index (Phi) is 5.94. The number of halogens is 1. The number of rotatable bonds is 4. The molecule has 1 aliphatic heterocycles. The van der Waals surface area contributed by atoms with Gasteiger partial charge in [-0.15, -0.1) is 0 Å². The average Bonchev–Trinajstić information content (AvgIpc) is 3.14. The van der Waals surface area contributed by atoms with E-state index < -0.39 is 6.10 Å². The van der Waals surface area contributed by atoms with Crippen molar-refractivity contribution in [2.45, 2.75) is 57.6 Å². The highest BCUT2D eigenvalue weighted by Gasteiger charge is 2.32. The standard InChI is InChI=1S/C20H29FN2O2/c1-14(24)16-9-6-12-23(13-16)20(25)22-19(15-7-2-3-8-15)17-10-4-5-11-18(17)21/h4-5,10-11,14-16,19,24H,2-3,6-9,12-13H2,1H3,(H,22,25). The fourth-order valence-electron chi connectivity index (χ4n) is 4.28. The molecule has 25 heavy (non-hydrogen) atoms. The Morgan fingerprint density at radius 1 is 1.20 bits per heavy atom. The van der Waals surface area contributed by atoms with Crippen LogP contribution in [0.1, 0.15) is 57.1 Å². The molecule has 138 valence electrons. The maximum atomic E-state index is 14.4. The van der Waals surface area contributed by atoms with Gasteiger partial charge in [0, 0.05) is 24.6 Å². The molecule has 2 aliphatic rings. The second-order valence-corrected chi connectivity index (χ2v) is 7.58. The van der Waals surface area contributed by atoms with E-state index in [2.05, 4.69) is 5.32 Å². The van der Waals surface area contributed by atoms with E-state index in [0.717, 1.165) is 38.5 Å².